The van der Waals surface area contributed by atoms with Crippen LogP contribution in [0.25, 0.3) is 21.3 Å². The molecule has 0 spiro atoms. The summed E-state index contributed by atoms with van der Waals surface area (Å²) in [6, 6.07) is 19.6. The van der Waals surface area contributed by atoms with Crippen LogP contribution in [0.15, 0.2) is 77.8 Å². The topological polar surface area (TPSA) is 177 Å². The lowest BCUT2D eigenvalue weighted by molar-refractivity contribution is -0.146. The van der Waals surface area contributed by atoms with Gasteiger partial charge < -0.3 is 19.9 Å². The summed E-state index contributed by atoms with van der Waals surface area (Å²) in [5, 5.41) is 17.8. The highest BCUT2D eigenvalue weighted by Crippen LogP contribution is 2.60. The van der Waals surface area contributed by atoms with Crippen molar-refractivity contribution in [3.8, 4) is 11.1 Å². The minimum absolute atomic E-state index is 0.0692. The van der Waals surface area contributed by atoms with E-state index in [-0.39, 0.29) is 27.9 Å². The van der Waals surface area contributed by atoms with Crippen molar-refractivity contribution in [2.24, 2.45) is 29.1 Å². The quantitative estimate of drug-likeness (QED) is 0.116. The van der Waals surface area contributed by atoms with Crippen molar-refractivity contribution >= 4 is 71.7 Å². The molecule has 0 atom stereocenters. The Morgan fingerprint density at radius 2 is 1.61 bits per heavy atom. The second kappa shape index (κ2) is 15.4. The molecule has 2 N–H and O–H groups in total. The number of benzene rings is 2. The normalized spacial score (nSPS) is 21.8. The van der Waals surface area contributed by atoms with Gasteiger partial charge in [-0.2, -0.15) is 5.10 Å². The Kier molecular flexibility index (Phi) is 10.0. The molecule has 4 bridgehead atoms. The van der Waals surface area contributed by atoms with Gasteiger partial charge in [-0.3, -0.25) is 14.3 Å². The van der Waals surface area contributed by atoms with E-state index in [0.29, 0.717) is 46.8 Å². The molecule has 2 aromatic carbocycles. The number of para-hydroxylation sites is 1. The number of methoxy groups -OCH3 is 1. The molecule has 0 unspecified atom stereocenters. The summed E-state index contributed by atoms with van der Waals surface area (Å²) in [6.07, 6.45) is 9.53. The summed E-state index contributed by atoms with van der Waals surface area (Å²) in [5.74, 6) is 2.40. The van der Waals surface area contributed by atoms with E-state index in [1.807, 2.05) is 49.1 Å². The fourth-order valence-electron chi connectivity index (χ4n) is 10.7. The van der Waals surface area contributed by atoms with Gasteiger partial charge in [-0.15, -0.1) is 10.2 Å². The van der Waals surface area contributed by atoms with E-state index in [9.17, 15) is 18.0 Å². The van der Waals surface area contributed by atoms with Crippen molar-refractivity contribution in [3.63, 3.8) is 0 Å². The van der Waals surface area contributed by atoms with E-state index in [1.54, 1.807) is 42.4 Å². The van der Waals surface area contributed by atoms with Crippen LogP contribution >= 0.6 is 11.3 Å². The number of hydrogen-bond acceptors (Lipinski definition) is 14. The third-order valence-corrected chi connectivity index (χ3v) is 15.8. The Morgan fingerprint density at radius 3 is 2.29 bits per heavy atom. The second-order valence-electron chi connectivity index (χ2n) is 17.7. The molecule has 1 aliphatic heterocycles. The van der Waals surface area contributed by atoms with Gasteiger partial charge in [-0.1, -0.05) is 23.5 Å². The van der Waals surface area contributed by atoms with Gasteiger partial charge in [0, 0.05) is 49.2 Å². The number of esters is 1. The summed E-state index contributed by atoms with van der Waals surface area (Å²) < 4.78 is 37.9. The fourth-order valence-corrected chi connectivity index (χ4v) is 12.5. The summed E-state index contributed by atoms with van der Waals surface area (Å²) in [5.41, 5.74) is 4.70. The first-order chi connectivity index (χ1) is 29.8. The molecule has 5 heterocycles. The molecule has 4 aliphatic carbocycles. The van der Waals surface area contributed by atoms with E-state index < -0.39 is 15.9 Å². The Balaban J connectivity index is 0.935. The number of carbonyl (C=O) groups excluding carboxylic acids is 2. The first-order valence-corrected chi connectivity index (χ1v) is 23.4. The van der Waals surface area contributed by atoms with Gasteiger partial charge in [0.2, 0.25) is 0 Å². The van der Waals surface area contributed by atoms with E-state index in [4.69, 9.17) is 14.8 Å². The van der Waals surface area contributed by atoms with Crippen molar-refractivity contribution < 1.29 is 22.7 Å². The SMILES string of the molecule is COC(=O)C1CN(c2ccc(S(=O)(=O)NC(=O)c3nc(N(C)c4cc(C)c(Nc5nc6ccccc6s5)nn4)ccc3-c3cnn(CC45CC6CC(CC(C6)C4)C5)c3C)cc2)C1. The summed E-state index contributed by atoms with van der Waals surface area (Å²) in [4.78, 5) is 39.3. The lowest BCUT2D eigenvalue weighted by Crippen LogP contribution is -2.50. The largest absolute Gasteiger partial charge is 0.469 e. The maximum Gasteiger partial charge on any atom is 0.312 e. The lowest BCUT2D eigenvalue weighted by Gasteiger charge is -2.56. The van der Waals surface area contributed by atoms with Crippen LogP contribution < -0.4 is 19.8 Å². The molecular weight excluding hydrogens is 825 g/mol. The average Bonchev–Trinajstić information content (AvgIpc) is 3.81. The predicted octanol–water partition coefficient (Wildman–Crippen LogP) is 7.42. The number of amides is 1. The highest BCUT2D eigenvalue weighted by molar-refractivity contribution is 7.90. The molecule has 6 aromatic rings. The van der Waals surface area contributed by atoms with Crippen LogP contribution in [0.4, 0.5) is 28.3 Å². The minimum Gasteiger partial charge on any atom is -0.469 e. The third kappa shape index (κ3) is 7.44. The van der Waals surface area contributed by atoms with Crippen LogP contribution in [-0.2, 0) is 26.1 Å². The number of fused-ring (bicyclic) bond motifs is 1. The molecule has 62 heavy (non-hydrogen) atoms. The fraction of sp³-hybridized carbons (Fsp3) is 0.400. The van der Waals surface area contributed by atoms with Gasteiger partial charge in [0.05, 0.1) is 34.3 Å². The number of aryl methyl sites for hydroxylation is 1. The molecule has 5 aliphatic rings. The zero-order valence-electron chi connectivity index (χ0n) is 35.0. The Bertz CT molecular complexity index is 2770. The molecule has 5 fully saturated rings. The van der Waals surface area contributed by atoms with E-state index in [0.717, 1.165) is 51.5 Å². The van der Waals surface area contributed by atoms with Gasteiger partial charge in [0.1, 0.15) is 11.5 Å². The summed E-state index contributed by atoms with van der Waals surface area (Å²) >= 11 is 1.52. The monoisotopic (exact) mass is 872 g/mol. The molecule has 320 valence electrons. The maximum atomic E-state index is 14.4. The number of sulfonamides is 1. The van der Waals surface area contributed by atoms with Gasteiger partial charge in [0.15, 0.2) is 16.8 Å². The minimum atomic E-state index is -4.33. The highest BCUT2D eigenvalue weighted by Gasteiger charge is 2.51. The van der Waals surface area contributed by atoms with Crippen molar-refractivity contribution in [2.45, 2.75) is 63.8 Å². The number of thiazole rings is 1. The van der Waals surface area contributed by atoms with Gasteiger partial charge in [-0.05, 0) is 136 Å². The van der Waals surface area contributed by atoms with Gasteiger partial charge in [0.25, 0.3) is 15.9 Å². The lowest BCUT2D eigenvalue weighted by atomic mass is 9.49. The average molecular weight is 873 g/mol. The first kappa shape index (κ1) is 40.2. The zero-order chi connectivity index (χ0) is 42.9. The summed E-state index contributed by atoms with van der Waals surface area (Å²) in [6.45, 7) is 5.70. The number of rotatable bonds is 12. The number of hydrogen-bond donors (Lipinski definition) is 2. The molecule has 17 heteroatoms. The third-order valence-electron chi connectivity index (χ3n) is 13.5. The highest BCUT2D eigenvalue weighted by atomic mass is 32.2. The molecule has 4 saturated carbocycles. The number of anilines is 5. The molecule has 0 radical (unpaired) electrons. The number of nitrogens with zero attached hydrogens (tertiary/aromatic N) is 8. The predicted molar refractivity (Wildman–Crippen MR) is 237 cm³/mol. The number of ether oxygens (including phenoxy) is 1. The van der Waals surface area contributed by atoms with Crippen molar-refractivity contribution in [1.29, 1.82) is 0 Å². The van der Waals surface area contributed by atoms with Crippen LogP contribution in [0.2, 0.25) is 0 Å². The second-order valence-corrected chi connectivity index (χ2v) is 20.5. The van der Waals surface area contributed by atoms with Gasteiger partial charge in [-0.25, -0.2) is 23.1 Å². The van der Waals surface area contributed by atoms with E-state index in [1.165, 1.54) is 69.1 Å². The summed E-state index contributed by atoms with van der Waals surface area (Å²) in [7, 11) is -1.20. The molecule has 1 amide bonds. The molecule has 1 saturated heterocycles. The number of nitrogens with one attached hydrogen (secondary N) is 2. The zero-order valence-corrected chi connectivity index (χ0v) is 36.7. The van der Waals surface area contributed by atoms with Crippen LogP contribution in [0.3, 0.4) is 0 Å². The molecular formula is C45H48N10O5S2. The van der Waals surface area contributed by atoms with Crippen LogP contribution in [0, 0.1) is 42.9 Å². The maximum absolute atomic E-state index is 14.4. The molecule has 15 nitrogen and oxygen atoms in total. The van der Waals surface area contributed by atoms with Crippen molar-refractivity contribution in [2.75, 3.05) is 42.4 Å². The Labute approximate surface area is 364 Å². The van der Waals surface area contributed by atoms with Crippen molar-refractivity contribution in [1.82, 2.24) is 34.7 Å². The standard InChI is InChI=1S/C45H48N10O5S2/c1-26-15-39(50-51-41(26)49-44-47-36-7-5-6-8-37(36)61-44)53(3)38-14-13-34(35-22-46-55(27(35)2)25-45-19-28-16-29(20-45)18-30(17-28)21-45)40(48-38)42(56)52-62(58,59)33-11-9-32(10-12-33)54-23-31(24-54)43(57)60-4/h5-15,22,28-31H,16-21,23-25H2,1-4H3,(H,52,56)(H,47,49,51). The van der Waals surface area contributed by atoms with Crippen LogP contribution in [-0.4, -0.2) is 77.5 Å². The number of carbonyl (C=O) groups is 2. The number of pyridine rings is 1. The smallest absolute Gasteiger partial charge is 0.312 e. The first-order valence-electron chi connectivity index (χ1n) is 21.1. The molecule has 4 aromatic heterocycles. The van der Waals surface area contributed by atoms with E-state index in [2.05, 4.69) is 29.9 Å². The van der Waals surface area contributed by atoms with Crippen LogP contribution in [0.5, 0.6) is 0 Å². The van der Waals surface area contributed by atoms with Crippen LogP contribution in [0.1, 0.15) is 60.3 Å². The molecule has 11 rings (SSSR count). The number of aromatic nitrogens is 6. The van der Waals surface area contributed by atoms with Crippen molar-refractivity contribution in [3.05, 3.63) is 89.9 Å². The Hall–Kier alpha value is -5.94. The van der Waals surface area contributed by atoms with Gasteiger partial charge >= 0.3 is 5.97 Å². The van der Waals surface area contributed by atoms with E-state index >= 15 is 0 Å². The Morgan fingerprint density at radius 1 is 0.903 bits per heavy atom.